The van der Waals surface area contributed by atoms with Crippen molar-refractivity contribution in [1.82, 2.24) is 12.9 Å². The second-order valence-corrected chi connectivity index (χ2v) is 10.1. The molecule has 3 heterocycles. The van der Waals surface area contributed by atoms with Gasteiger partial charge in [-0.3, -0.25) is 0 Å². The monoisotopic (exact) mass is 423 g/mol. The van der Waals surface area contributed by atoms with E-state index in [0.717, 1.165) is 9.65 Å². The van der Waals surface area contributed by atoms with Gasteiger partial charge in [0.25, 0.3) is 0 Å². The summed E-state index contributed by atoms with van der Waals surface area (Å²) in [5.74, 6) is 0. The van der Waals surface area contributed by atoms with Crippen LogP contribution in [-0.2, 0) is 10.0 Å². The van der Waals surface area contributed by atoms with E-state index in [1.165, 1.54) is 10.5 Å². The third kappa shape index (κ3) is 3.00. The van der Waals surface area contributed by atoms with Crippen molar-refractivity contribution < 1.29 is 8.42 Å². The van der Waals surface area contributed by atoms with Gasteiger partial charge in [0.15, 0.2) is 0 Å². The van der Waals surface area contributed by atoms with E-state index in [2.05, 4.69) is 4.98 Å². The summed E-state index contributed by atoms with van der Waals surface area (Å²) in [6.45, 7) is 0.857. The van der Waals surface area contributed by atoms with Gasteiger partial charge >= 0.3 is 152 Å². The van der Waals surface area contributed by atoms with E-state index >= 15 is 0 Å². The Morgan fingerprint density at radius 2 is 1.84 bits per heavy atom. The first-order valence-electron chi connectivity index (χ1n) is 8.08. The minimum absolute atomic E-state index is 0.0112. The maximum atomic E-state index is 12.7. The molecule has 3 aromatic rings. The van der Waals surface area contributed by atoms with Gasteiger partial charge in [-0.2, -0.15) is 0 Å². The summed E-state index contributed by atoms with van der Waals surface area (Å²) in [6, 6.07) is 11.0. The van der Waals surface area contributed by atoms with Crippen molar-refractivity contribution in [3.63, 3.8) is 0 Å². The molecule has 0 unspecified atom stereocenters. The molecule has 25 heavy (non-hydrogen) atoms. The second kappa shape index (κ2) is 6.53. The molecular weight excluding hydrogens is 405 g/mol. The van der Waals surface area contributed by atoms with Gasteiger partial charge in [-0.1, -0.05) is 0 Å². The molecule has 1 saturated heterocycles. The van der Waals surface area contributed by atoms with Crippen LogP contribution in [-0.4, -0.2) is 49.1 Å². The molecule has 1 aliphatic heterocycles. The molecule has 0 spiro atoms. The fraction of sp³-hybridized carbons (Fsp3) is 0.294. The summed E-state index contributed by atoms with van der Waals surface area (Å²) in [7, 11) is -3.50. The van der Waals surface area contributed by atoms with Crippen LogP contribution in [0.4, 0.5) is 0 Å². The van der Waals surface area contributed by atoms with Crippen molar-refractivity contribution in [1.29, 1.82) is 0 Å². The van der Waals surface area contributed by atoms with Gasteiger partial charge < -0.3 is 0 Å². The van der Waals surface area contributed by atoms with Crippen LogP contribution in [0.5, 0.6) is 0 Å². The van der Waals surface area contributed by atoms with E-state index in [1.54, 1.807) is 18.3 Å². The Balaban J connectivity index is 1.55. The number of rotatable bonds is 3. The summed E-state index contributed by atoms with van der Waals surface area (Å²) in [4.78, 5) is 16.7. The predicted molar refractivity (Wildman–Crippen MR) is 96.4 cm³/mol. The Labute approximate surface area is 151 Å². The normalized spacial score (nSPS) is 17.1. The van der Waals surface area contributed by atoms with E-state index in [0.29, 0.717) is 25.9 Å². The molecule has 0 saturated carbocycles. The molecule has 1 aliphatic rings. The molecule has 4 rings (SSSR count). The van der Waals surface area contributed by atoms with Gasteiger partial charge in [-0.15, -0.1) is 0 Å². The first kappa shape index (κ1) is 16.7. The Hall–Kier alpha value is -1.73. The van der Waals surface area contributed by atoms with E-state index < -0.39 is 10.0 Å². The third-order valence-electron chi connectivity index (χ3n) is 4.54. The molecule has 6 nitrogen and oxygen atoms in total. The topological polar surface area (TPSA) is 72.3 Å². The quantitative estimate of drug-likeness (QED) is 0.600. The summed E-state index contributed by atoms with van der Waals surface area (Å²) < 4.78 is 29.9. The Kier molecular flexibility index (Phi) is 4.37. The predicted octanol–water partition coefficient (Wildman–Crippen LogP) is 1.48. The third-order valence-corrected chi connectivity index (χ3v) is 8.97. The second-order valence-electron chi connectivity index (χ2n) is 6.04. The van der Waals surface area contributed by atoms with Crippen LogP contribution in [0.1, 0.15) is 18.9 Å². The summed E-state index contributed by atoms with van der Waals surface area (Å²) >= 11 is -0.0112. The van der Waals surface area contributed by atoms with Crippen LogP contribution in [0.3, 0.4) is 0 Å². The number of aromatic nitrogens is 2. The van der Waals surface area contributed by atoms with Gasteiger partial charge in [0.05, 0.1) is 0 Å². The number of piperidine rings is 1. The first-order valence-corrected chi connectivity index (χ1v) is 11.1. The number of pyridine rings is 1. The van der Waals surface area contributed by atoms with Gasteiger partial charge in [0, 0.05) is 0 Å². The fourth-order valence-corrected chi connectivity index (χ4v) is 7.03. The zero-order valence-corrected chi connectivity index (χ0v) is 15.9. The van der Waals surface area contributed by atoms with Crippen molar-refractivity contribution in [2.45, 2.75) is 23.8 Å². The molecule has 8 heteroatoms. The average molecular weight is 422 g/mol. The summed E-state index contributed by atoms with van der Waals surface area (Å²) in [6.07, 6.45) is 4.27. The molecule has 2 aromatic heterocycles. The van der Waals surface area contributed by atoms with E-state index in [4.69, 9.17) is 0 Å². The van der Waals surface area contributed by atoms with Gasteiger partial charge in [-0.25, -0.2) is 0 Å². The number of hydrogen-bond acceptors (Lipinski definition) is 4. The van der Waals surface area contributed by atoms with Crippen molar-refractivity contribution in [3.8, 4) is 0 Å². The van der Waals surface area contributed by atoms with E-state index in [-0.39, 0.29) is 31.2 Å². The first-order chi connectivity index (χ1) is 12.1. The fourth-order valence-electron chi connectivity index (χ4n) is 3.20. The summed E-state index contributed by atoms with van der Waals surface area (Å²) in [5, 5.41) is 0.799. The molecule has 0 bridgehead atoms. The van der Waals surface area contributed by atoms with E-state index in [9.17, 15) is 13.2 Å². The number of benzene rings is 1. The molecule has 0 N–H and O–H groups in total. The molecule has 0 amide bonds. The van der Waals surface area contributed by atoms with Crippen LogP contribution < -0.4 is 5.56 Å². The van der Waals surface area contributed by atoms with Gasteiger partial charge in [0.1, 0.15) is 0 Å². The van der Waals surface area contributed by atoms with Crippen molar-refractivity contribution >= 4 is 34.4 Å². The van der Waals surface area contributed by atoms with Crippen LogP contribution in [0, 0.1) is 0 Å². The SMILES string of the molecule is O=c1c2ccccc2[se]n1C1CCN(S(=O)(=O)c2cccnc2)CC1. The van der Waals surface area contributed by atoms with Crippen molar-refractivity contribution in [3.05, 3.63) is 59.1 Å². The molecule has 1 fully saturated rings. The standard InChI is InChI=1S/C17H17N3O3SSe/c21-17-15-5-1-2-6-16(15)25-20(17)13-7-10-19(11-8-13)24(22,23)14-4-3-9-18-12-14/h1-6,9,12-13H,7-8,10-11H2. The van der Waals surface area contributed by atoms with Crippen molar-refractivity contribution in [2.75, 3.05) is 13.1 Å². The molecule has 0 aliphatic carbocycles. The Morgan fingerprint density at radius 3 is 2.52 bits per heavy atom. The maximum absolute atomic E-state index is 12.7. The van der Waals surface area contributed by atoms with Crippen LogP contribution in [0.25, 0.3) is 9.65 Å². The molecule has 1 aromatic carbocycles. The van der Waals surface area contributed by atoms with Crippen LogP contribution >= 0.6 is 0 Å². The molecule has 130 valence electrons. The van der Waals surface area contributed by atoms with Crippen LogP contribution in [0.2, 0.25) is 0 Å². The molecular formula is C17H17N3O3SSe. The zero-order valence-electron chi connectivity index (χ0n) is 13.4. The van der Waals surface area contributed by atoms with Gasteiger partial charge in [-0.05, 0) is 0 Å². The average Bonchev–Trinajstić information content (AvgIpc) is 3.00. The number of sulfonamides is 1. The van der Waals surface area contributed by atoms with Gasteiger partial charge in [0.2, 0.25) is 0 Å². The summed E-state index contributed by atoms with van der Waals surface area (Å²) in [5.41, 5.74) is 0.0872. The number of nitrogens with zero attached hydrogens (tertiary/aromatic N) is 3. The molecule has 0 atom stereocenters. The zero-order chi connectivity index (χ0) is 17.4. The van der Waals surface area contributed by atoms with Crippen molar-refractivity contribution in [2.24, 2.45) is 0 Å². The molecule has 0 radical (unpaired) electrons. The Bertz CT molecular complexity index is 1050. The minimum atomic E-state index is -3.50. The number of hydrogen-bond donors (Lipinski definition) is 0. The number of fused-ring (bicyclic) bond motifs is 1. The Morgan fingerprint density at radius 1 is 1.08 bits per heavy atom. The van der Waals surface area contributed by atoms with E-state index in [1.807, 2.05) is 27.8 Å². The van der Waals surface area contributed by atoms with Crippen LogP contribution in [0.15, 0.2) is 58.5 Å².